The Morgan fingerprint density at radius 1 is 0.842 bits per heavy atom. The van der Waals surface area contributed by atoms with Gasteiger partial charge in [0, 0.05) is 35.9 Å². The third kappa shape index (κ3) is 5.75. The molecular formula is C30H31N7O. The van der Waals surface area contributed by atoms with E-state index in [1.165, 1.54) is 5.56 Å². The van der Waals surface area contributed by atoms with E-state index >= 15 is 0 Å². The van der Waals surface area contributed by atoms with Gasteiger partial charge in [0.2, 0.25) is 5.82 Å². The number of aromatic nitrogens is 7. The molecule has 0 saturated carbocycles. The number of aryl methyl sites for hydroxylation is 4. The van der Waals surface area contributed by atoms with Crippen molar-refractivity contribution < 1.29 is 0 Å². The van der Waals surface area contributed by atoms with Crippen molar-refractivity contribution in [2.75, 3.05) is 0 Å². The average molecular weight is 506 g/mol. The highest BCUT2D eigenvalue weighted by molar-refractivity contribution is 5.80. The number of hydrogen-bond donors (Lipinski definition) is 2. The highest BCUT2D eigenvalue weighted by atomic mass is 16.1. The summed E-state index contributed by atoms with van der Waals surface area (Å²) in [4.78, 5) is 25.6. The monoisotopic (exact) mass is 505 g/mol. The first-order valence-electron chi connectivity index (χ1n) is 13.1. The number of aromatic amines is 2. The minimum atomic E-state index is -0.0562. The molecule has 0 radical (unpaired) electrons. The summed E-state index contributed by atoms with van der Waals surface area (Å²) in [5, 5.41) is 14.5. The second-order valence-corrected chi connectivity index (χ2v) is 9.35. The minimum Gasteiger partial charge on any atom is -0.310 e. The summed E-state index contributed by atoms with van der Waals surface area (Å²) in [6, 6.07) is 20.4. The van der Waals surface area contributed by atoms with E-state index in [2.05, 4.69) is 80.8 Å². The van der Waals surface area contributed by atoms with Crippen molar-refractivity contribution in [2.45, 2.75) is 52.4 Å². The number of nitrogens with one attached hydrogen (secondary N) is 2. The van der Waals surface area contributed by atoms with Gasteiger partial charge in [0.15, 0.2) is 0 Å². The van der Waals surface area contributed by atoms with Crippen LogP contribution < -0.4 is 5.56 Å². The van der Waals surface area contributed by atoms with Crippen LogP contribution >= 0.6 is 0 Å². The van der Waals surface area contributed by atoms with Crippen LogP contribution in [0.15, 0.2) is 71.7 Å². The second kappa shape index (κ2) is 11.7. The Morgan fingerprint density at radius 3 is 2.32 bits per heavy atom. The van der Waals surface area contributed by atoms with E-state index in [0.717, 1.165) is 70.7 Å². The molecule has 0 bridgehead atoms. The summed E-state index contributed by atoms with van der Waals surface area (Å²) in [5.41, 5.74) is 7.83. The molecule has 3 heterocycles. The van der Waals surface area contributed by atoms with Gasteiger partial charge in [0.05, 0.1) is 5.69 Å². The van der Waals surface area contributed by atoms with Crippen LogP contribution in [0.1, 0.15) is 54.2 Å². The molecule has 5 aromatic rings. The van der Waals surface area contributed by atoms with Gasteiger partial charge in [-0.25, -0.2) is 4.98 Å². The van der Waals surface area contributed by atoms with Gasteiger partial charge in [-0.15, -0.1) is 10.2 Å². The zero-order valence-electron chi connectivity index (χ0n) is 21.7. The van der Waals surface area contributed by atoms with Crippen LogP contribution in [0.25, 0.3) is 22.5 Å². The van der Waals surface area contributed by atoms with E-state index in [4.69, 9.17) is 4.98 Å². The Morgan fingerprint density at radius 2 is 1.63 bits per heavy atom. The first kappa shape index (κ1) is 25.2. The first-order chi connectivity index (χ1) is 18.6. The van der Waals surface area contributed by atoms with E-state index < -0.39 is 0 Å². The molecule has 0 unspecified atom stereocenters. The molecule has 8 nitrogen and oxygen atoms in total. The second-order valence-electron chi connectivity index (χ2n) is 9.35. The zero-order valence-corrected chi connectivity index (χ0v) is 21.7. The van der Waals surface area contributed by atoms with Gasteiger partial charge in [0.1, 0.15) is 5.82 Å². The standard InChI is InChI=1S/C30H31N7O/c1-3-7-27-26(30(38)33-28(32-27)17-16-23-15-12-20(4-2)19-31-23)18-21-10-13-22(14-11-21)24-8-5-6-9-25(24)29-34-36-37-35-29/h5-6,8-15,19H,3-4,7,16-18H2,1-2H3,(H,32,33,38)(H,34,35,36,37). The minimum absolute atomic E-state index is 0.0562. The third-order valence-corrected chi connectivity index (χ3v) is 6.71. The van der Waals surface area contributed by atoms with E-state index in [0.29, 0.717) is 18.7 Å². The molecule has 8 heteroatoms. The summed E-state index contributed by atoms with van der Waals surface area (Å²) < 4.78 is 0. The fraction of sp³-hybridized carbons (Fsp3) is 0.267. The summed E-state index contributed by atoms with van der Waals surface area (Å²) in [5.74, 6) is 1.28. The molecule has 5 rings (SSSR count). The van der Waals surface area contributed by atoms with E-state index in [-0.39, 0.29) is 5.56 Å². The quantitative estimate of drug-likeness (QED) is 0.279. The van der Waals surface area contributed by atoms with Gasteiger partial charge in [-0.3, -0.25) is 9.78 Å². The zero-order chi connectivity index (χ0) is 26.3. The lowest BCUT2D eigenvalue weighted by atomic mass is 9.96. The Labute approximate surface area is 221 Å². The van der Waals surface area contributed by atoms with Crippen molar-refractivity contribution in [1.29, 1.82) is 0 Å². The maximum atomic E-state index is 13.2. The molecule has 2 aromatic carbocycles. The number of H-pyrrole nitrogens is 2. The maximum Gasteiger partial charge on any atom is 0.254 e. The molecule has 0 atom stereocenters. The first-order valence-corrected chi connectivity index (χ1v) is 13.1. The summed E-state index contributed by atoms with van der Waals surface area (Å²) in [6.45, 7) is 4.23. The van der Waals surface area contributed by atoms with Crippen molar-refractivity contribution in [1.82, 2.24) is 35.6 Å². The summed E-state index contributed by atoms with van der Waals surface area (Å²) in [6.07, 6.45) is 6.52. The Kier molecular flexibility index (Phi) is 7.78. The molecule has 0 saturated heterocycles. The van der Waals surface area contributed by atoms with Gasteiger partial charge in [-0.2, -0.15) is 5.21 Å². The lowest BCUT2D eigenvalue weighted by Crippen LogP contribution is -2.21. The predicted molar refractivity (Wildman–Crippen MR) is 148 cm³/mol. The number of pyridine rings is 1. The molecule has 0 amide bonds. The van der Waals surface area contributed by atoms with Gasteiger partial charge in [-0.05, 0) is 52.8 Å². The van der Waals surface area contributed by atoms with Crippen LogP contribution in [0.5, 0.6) is 0 Å². The van der Waals surface area contributed by atoms with E-state index in [9.17, 15) is 4.79 Å². The number of tetrazole rings is 1. The molecule has 3 aromatic heterocycles. The average Bonchev–Trinajstić information content (AvgIpc) is 3.50. The van der Waals surface area contributed by atoms with Crippen LogP contribution in [0, 0.1) is 0 Å². The molecule has 0 fully saturated rings. The Bertz CT molecular complexity index is 1540. The fourth-order valence-corrected chi connectivity index (χ4v) is 4.61. The smallest absolute Gasteiger partial charge is 0.254 e. The van der Waals surface area contributed by atoms with Gasteiger partial charge in [0.25, 0.3) is 5.56 Å². The largest absolute Gasteiger partial charge is 0.310 e. The molecule has 0 spiro atoms. The van der Waals surface area contributed by atoms with Crippen LogP contribution in [0.3, 0.4) is 0 Å². The van der Waals surface area contributed by atoms with Crippen LogP contribution in [-0.4, -0.2) is 35.6 Å². The molecular weight excluding hydrogens is 474 g/mol. The van der Waals surface area contributed by atoms with Crippen LogP contribution in [0.2, 0.25) is 0 Å². The lowest BCUT2D eigenvalue weighted by molar-refractivity contribution is 0.769. The van der Waals surface area contributed by atoms with Gasteiger partial charge < -0.3 is 4.98 Å². The SMILES string of the molecule is CCCc1nc(CCc2ccc(CC)cn2)[nH]c(=O)c1Cc1ccc(-c2ccccc2-c2nn[nH]n2)cc1. The normalized spacial score (nSPS) is 11.1. The van der Waals surface area contributed by atoms with Crippen molar-refractivity contribution in [3.63, 3.8) is 0 Å². The van der Waals surface area contributed by atoms with Crippen molar-refractivity contribution in [3.8, 4) is 22.5 Å². The number of rotatable bonds is 10. The topological polar surface area (TPSA) is 113 Å². The van der Waals surface area contributed by atoms with Crippen molar-refractivity contribution in [3.05, 3.63) is 111 Å². The highest BCUT2D eigenvalue weighted by Crippen LogP contribution is 2.30. The Balaban J connectivity index is 1.35. The van der Waals surface area contributed by atoms with Crippen LogP contribution in [0.4, 0.5) is 0 Å². The summed E-state index contributed by atoms with van der Waals surface area (Å²) >= 11 is 0. The molecule has 2 N–H and O–H groups in total. The fourth-order valence-electron chi connectivity index (χ4n) is 4.61. The Hall–Kier alpha value is -4.46. The van der Waals surface area contributed by atoms with Gasteiger partial charge >= 0.3 is 0 Å². The van der Waals surface area contributed by atoms with Crippen LogP contribution in [-0.2, 0) is 32.1 Å². The van der Waals surface area contributed by atoms with Gasteiger partial charge in [-0.1, -0.05) is 74.9 Å². The molecule has 0 aliphatic carbocycles. The number of nitrogens with zero attached hydrogens (tertiary/aromatic N) is 5. The predicted octanol–water partition coefficient (Wildman–Crippen LogP) is 4.90. The molecule has 38 heavy (non-hydrogen) atoms. The third-order valence-electron chi connectivity index (χ3n) is 6.71. The number of benzene rings is 2. The molecule has 192 valence electrons. The molecule has 0 aliphatic rings. The molecule has 0 aliphatic heterocycles. The van der Waals surface area contributed by atoms with E-state index in [1.807, 2.05) is 30.5 Å². The van der Waals surface area contributed by atoms with E-state index in [1.54, 1.807) is 0 Å². The number of hydrogen-bond acceptors (Lipinski definition) is 6. The summed E-state index contributed by atoms with van der Waals surface area (Å²) in [7, 11) is 0. The highest BCUT2D eigenvalue weighted by Gasteiger charge is 2.14. The van der Waals surface area contributed by atoms with Crippen molar-refractivity contribution >= 4 is 0 Å². The van der Waals surface area contributed by atoms with Crippen molar-refractivity contribution in [2.24, 2.45) is 0 Å². The lowest BCUT2D eigenvalue weighted by Gasteiger charge is -2.11. The maximum absolute atomic E-state index is 13.2.